The van der Waals surface area contributed by atoms with Crippen molar-refractivity contribution in [3.63, 3.8) is 0 Å². The number of hydrogen-bond donors (Lipinski definition) is 1. The SMILES string of the molecule is CCN1CCN(CC(=O)Nc2cc3cc(-c4nnc(C)s4)ccc3cn2)CC1. The number of carbonyl (C=O) groups is 1. The van der Waals surface area contributed by atoms with Gasteiger partial charge in [0.1, 0.15) is 15.8 Å². The van der Waals surface area contributed by atoms with Crippen LogP contribution in [0, 0.1) is 6.92 Å². The summed E-state index contributed by atoms with van der Waals surface area (Å²) in [5.41, 5.74) is 1.02. The van der Waals surface area contributed by atoms with E-state index in [4.69, 9.17) is 0 Å². The van der Waals surface area contributed by atoms with Gasteiger partial charge in [-0.2, -0.15) is 0 Å². The lowest BCUT2D eigenvalue weighted by Gasteiger charge is -2.33. The smallest absolute Gasteiger partial charge is 0.239 e. The molecule has 1 N–H and O–H groups in total. The van der Waals surface area contributed by atoms with Crippen LogP contribution in [0.5, 0.6) is 0 Å². The normalized spacial score (nSPS) is 15.8. The van der Waals surface area contributed by atoms with Crippen molar-refractivity contribution >= 4 is 33.8 Å². The molecular formula is C20H24N6OS. The van der Waals surface area contributed by atoms with E-state index in [0.29, 0.717) is 12.4 Å². The summed E-state index contributed by atoms with van der Waals surface area (Å²) >= 11 is 1.57. The van der Waals surface area contributed by atoms with E-state index >= 15 is 0 Å². The Morgan fingerprint density at radius 2 is 1.89 bits per heavy atom. The fourth-order valence-corrected chi connectivity index (χ4v) is 4.09. The molecule has 2 aromatic heterocycles. The van der Waals surface area contributed by atoms with Gasteiger partial charge in [0.05, 0.1) is 6.54 Å². The first-order valence-electron chi connectivity index (χ1n) is 9.55. The number of carbonyl (C=O) groups excluding carboxylic acids is 1. The second-order valence-electron chi connectivity index (χ2n) is 7.02. The molecule has 146 valence electrons. The molecule has 1 aliphatic rings. The number of aromatic nitrogens is 3. The Balaban J connectivity index is 1.44. The molecular weight excluding hydrogens is 372 g/mol. The molecule has 1 amide bonds. The number of nitrogens with zero attached hydrogens (tertiary/aromatic N) is 5. The Morgan fingerprint density at radius 3 is 2.61 bits per heavy atom. The predicted molar refractivity (Wildman–Crippen MR) is 113 cm³/mol. The highest BCUT2D eigenvalue weighted by Gasteiger charge is 2.18. The summed E-state index contributed by atoms with van der Waals surface area (Å²) < 4.78 is 0. The second kappa shape index (κ2) is 8.30. The van der Waals surface area contributed by atoms with E-state index in [-0.39, 0.29) is 5.91 Å². The zero-order valence-electron chi connectivity index (χ0n) is 16.2. The summed E-state index contributed by atoms with van der Waals surface area (Å²) in [5, 5.41) is 15.1. The lowest BCUT2D eigenvalue weighted by molar-refractivity contribution is -0.117. The van der Waals surface area contributed by atoms with E-state index < -0.39 is 0 Å². The van der Waals surface area contributed by atoms with Crippen molar-refractivity contribution < 1.29 is 4.79 Å². The second-order valence-corrected chi connectivity index (χ2v) is 8.20. The highest BCUT2D eigenvalue weighted by atomic mass is 32.1. The maximum Gasteiger partial charge on any atom is 0.239 e. The standard InChI is InChI=1S/C20H24N6OS/c1-3-25-6-8-26(9-7-25)13-19(27)22-18-11-17-10-15(4-5-16(17)12-21-18)20-24-23-14(2)28-20/h4-5,10-12H,3,6-9,13H2,1-2H3,(H,21,22,27). The van der Waals surface area contributed by atoms with Crippen molar-refractivity contribution in [1.82, 2.24) is 25.0 Å². The molecule has 8 heteroatoms. The first-order valence-corrected chi connectivity index (χ1v) is 10.4. The van der Waals surface area contributed by atoms with Crippen LogP contribution < -0.4 is 5.32 Å². The van der Waals surface area contributed by atoms with Crippen molar-refractivity contribution in [3.8, 4) is 10.6 Å². The molecule has 1 saturated heterocycles. The third kappa shape index (κ3) is 4.35. The number of benzene rings is 1. The third-order valence-corrected chi connectivity index (χ3v) is 5.93. The fraction of sp³-hybridized carbons (Fsp3) is 0.400. The zero-order valence-corrected chi connectivity index (χ0v) is 17.0. The molecule has 3 heterocycles. The van der Waals surface area contributed by atoms with Crippen molar-refractivity contribution in [3.05, 3.63) is 35.5 Å². The lowest BCUT2D eigenvalue weighted by atomic mass is 10.1. The Bertz CT molecular complexity index is 980. The molecule has 4 rings (SSSR count). The summed E-state index contributed by atoms with van der Waals surface area (Å²) in [7, 11) is 0. The van der Waals surface area contributed by atoms with Gasteiger partial charge in [0.15, 0.2) is 0 Å². The minimum Gasteiger partial charge on any atom is -0.310 e. The van der Waals surface area contributed by atoms with Gasteiger partial charge >= 0.3 is 0 Å². The van der Waals surface area contributed by atoms with Crippen molar-refractivity contribution in [2.45, 2.75) is 13.8 Å². The molecule has 0 atom stereocenters. The Labute approximate surface area is 168 Å². The number of piperazine rings is 1. The van der Waals surface area contributed by atoms with E-state index in [1.165, 1.54) is 0 Å². The summed E-state index contributed by atoms with van der Waals surface area (Å²) in [6, 6.07) is 8.03. The third-order valence-electron chi connectivity index (χ3n) is 5.04. The van der Waals surface area contributed by atoms with E-state index in [1.54, 1.807) is 17.5 Å². The predicted octanol–water partition coefficient (Wildman–Crippen LogP) is 2.64. The molecule has 7 nitrogen and oxygen atoms in total. The molecule has 0 aliphatic carbocycles. The van der Waals surface area contributed by atoms with Crippen LogP contribution in [0.25, 0.3) is 21.3 Å². The number of anilines is 1. The molecule has 0 unspecified atom stereocenters. The van der Waals surface area contributed by atoms with Crippen LogP contribution in [-0.2, 0) is 4.79 Å². The van der Waals surface area contributed by atoms with E-state index in [0.717, 1.165) is 59.1 Å². The summed E-state index contributed by atoms with van der Waals surface area (Å²) in [5.74, 6) is 0.558. The molecule has 1 aliphatic heterocycles. The number of fused-ring (bicyclic) bond motifs is 1. The van der Waals surface area contributed by atoms with Gasteiger partial charge in [0.2, 0.25) is 5.91 Å². The van der Waals surface area contributed by atoms with Gasteiger partial charge in [0, 0.05) is 43.3 Å². The van der Waals surface area contributed by atoms with E-state index in [2.05, 4.69) is 43.3 Å². The average molecular weight is 397 g/mol. The van der Waals surface area contributed by atoms with E-state index in [9.17, 15) is 4.79 Å². The van der Waals surface area contributed by atoms with Gasteiger partial charge in [-0.3, -0.25) is 9.69 Å². The number of rotatable bonds is 5. The molecule has 3 aromatic rings. The molecule has 0 saturated carbocycles. The lowest BCUT2D eigenvalue weighted by Crippen LogP contribution is -2.48. The summed E-state index contributed by atoms with van der Waals surface area (Å²) in [6.07, 6.45) is 1.79. The molecule has 0 bridgehead atoms. The first-order chi connectivity index (χ1) is 13.6. The van der Waals surface area contributed by atoms with Crippen LogP contribution >= 0.6 is 11.3 Å². The molecule has 1 aromatic carbocycles. The first kappa shape index (κ1) is 18.9. The van der Waals surface area contributed by atoms with Crippen LogP contribution in [0.2, 0.25) is 0 Å². The van der Waals surface area contributed by atoms with Gasteiger partial charge in [-0.15, -0.1) is 10.2 Å². The fourth-order valence-electron chi connectivity index (χ4n) is 3.40. The largest absolute Gasteiger partial charge is 0.310 e. The highest BCUT2D eigenvalue weighted by molar-refractivity contribution is 7.14. The Kier molecular flexibility index (Phi) is 5.61. The molecule has 0 radical (unpaired) electrons. The minimum atomic E-state index is -0.0206. The van der Waals surface area contributed by atoms with Gasteiger partial charge in [-0.25, -0.2) is 4.98 Å². The van der Waals surface area contributed by atoms with Crippen molar-refractivity contribution in [1.29, 1.82) is 0 Å². The van der Waals surface area contributed by atoms with Gasteiger partial charge in [-0.1, -0.05) is 30.4 Å². The number of amides is 1. The topological polar surface area (TPSA) is 74.2 Å². The van der Waals surface area contributed by atoms with Crippen molar-refractivity contribution in [2.75, 3.05) is 44.6 Å². The maximum absolute atomic E-state index is 12.4. The minimum absolute atomic E-state index is 0.0206. The van der Waals surface area contributed by atoms with Gasteiger partial charge in [0.25, 0.3) is 0 Å². The van der Waals surface area contributed by atoms with Crippen LogP contribution in [0.3, 0.4) is 0 Å². The maximum atomic E-state index is 12.4. The monoisotopic (exact) mass is 396 g/mol. The van der Waals surface area contributed by atoms with Crippen LogP contribution in [0.1, 0.15) is 11.9 Å². The number of likely N-dealkylation sites (N-methyl/N-ethyl adjacent to an activating group) is 1. The zero-order chi connectivity index (χ0) is 19.5. The Morgan fingerprint density at radius 1 is 1.11 bits per heavy atom. The van der Waals surface area contributed by atoms with Crippen LogP contribution in [-0.4, -0.2) is 70.2 Å². The summed E-state index contributed by atoms with van der Waals surface area (Å²) in [4.78, 5) is 21.4. The van der Waals surface area contributed by atoms with Crippen molar-refractivity contribution in [2.24, 2.45) is 0 Å². The highest BCUT2D eigenvalue weighted by Crippen LogP contribution is 2.27. The number of nitrogens with one attached hydrogen (secondary N) is 1. The molecule has 1 fully saturated rings. The van der Waals surface area contributed by atoms with Crippen LogP contribution in [0.15, 0.2) is 30.5 Å². The van der Waals surface area contributed by atoms with E-state index in [1.807, 2.05) is 25.1 Å². The van der Waals surface area contributed by atoms with Gasteiger partial charge < -0.3 is 10.2 Å². The molecule has 28 heavy (non-hydrogen) atoms. The number of hydrogen-bond acceptors (Lipinski definition) is 7. The number of aryl methyl sites for hydroxylation is 1. The molecule has 0 spiro atoms. The van der Waals surface area contributed by atoms with Crippen LogP contribution in [0.4, 0.5) is 5.82 Å². The summed E-state index contributed by atoms with van der Waals surface area (Å²) in [6.45, 7) is 9.49. The average Bonchev–Trinajstić information content (AvgIpc) is 3.14. The van der Waals surface area contributed by atoms with Gasteiger partial charge in [-0.05, 0) is 31.0 Å². The Hall–Kier alpha value is -2.42. The number of pyridine rings is 1. The quantitative estimate of drug-likeness (QED) is 0.715.